The van der Waals surface area contributed by atoms with Crippen LogP contribution in [0.4, 0.5) is 0 Å². The van der Waals surface area contributed by atoms with Crippen LogP contribution in [0.1, 0.15) is 26.2 Å². The largest absolute Gasteiger partial charge is 0.310 e. The molecule has 2 heterocycles. The third-order valence-electron chi connectivity index (χ3n) is 2.83. The van der Waals surface area contributed by atoms with Crippen LogP contribution >= 0.6 is 0 Å². The number of nitrogens with one attached hydrogen (secondary N) is 1. The predicted octanol–water partition coefficient (Wildman–Crippen LogP) is 0.716. The van der Waals surface area contributed by atoms with Crippen molar-refractivity contribution in [1.82, 2.24) is 5.32 Å². The van der Waals surface area contributed by atoms with E-state index in [0.29, 0.717) is 17.9 Å². The summed E-state index contributed by atoms with van der Waals surface area (Å²) in [6.45, 7) is 2.04. The third kappa shape index (κ3) is 0.788. The van der Waals surface area contributed by atoms with Crippen molar-refractivity contribution >= 4 is 5.78 Å². The Bertz CT molecular complexity index is 167. The molecule has 0 aliphatic carbocycles. The molecule has 0 radical (unpaired) electrons. The Morgan fingerprint density at radius 2 is 2.30 bits per heavy atom. The minimum Gasteiger partial charge on any atom is -0.310 e. The van der Waals surface area contributed by atoms with Gasteiger partial charge in [0.05, 0.1) is 0 Å². The van der Waals surface area contributed by atoms with Gasteiger partial charge in [-0.3, -0.25) is 4.79 Å². The Hall–Kier alpha value is -0.370. The second kappa shape index (κ2) is 2.06. The molecule has 0 unspecified atom stereocenters. The highest BCUT2D eigenvalue weighted by Gasteiger charge is 2.37. The van der Waals surface area contributed by atoms with Crippen molar-refractivity contribution in [1.29, 1.82) is 0 Å². The van der Waals surface area contributed by atoms with Gasteiger partial charge in [-0.2, -0.15) is 0 Å². The Morgan fingerprint density at radius 1 is 1.50 bits per heavy atom. The molecule has 2 heteroatoms. The van der Waals surface area contributed by atoms with Crippen LogP contribution in [-0.4, -0.2) is 17.9 Å². The molecule has 10 heavy (non-hydrogen) atoms. The topological polar surface area (TPSA) is 29.1 Å². The van der Waals surface area contributed by atoms with Gasteiger partial charge >= 0.3 is 0 Å². The number of fused-ring (bicyclic) bond motifs is 2. The van der Waals surface area contributed by atoms with E-state index in [1.165, 1.54) is 12.8 Å². The number of hydrogen-bond acceptors (Lipinski definition) is 2. The minimum atomic E-state index is 0.277. The lowest BCUT2D eigenvalue weighted by Gasteiger charge is -2.25. The zero-order chi connectivity index (χ0) is 7.14. The summed E-state index contributed by atoms with van der Waals surface area (Å²) in [5.74, 6) is 0.741. The summed E-state index contributed by atoms with van der Waals surface area (Å²) in [7, 11) is 0. The Kier molecular flexibility index (Phi) is 1.31. The average Bonchev–Trinajstić information content (AvgIpc) is 2.29. The molecule has 3 atom stereocenters. The molecule has 0 saturated carbocycles. The van der Waals surface area contributed by atoms with E-state index in [9.17, 15) is 4.79 Å². The van der Waals surface area contributed by atoms with E-state index in [2.05, 4.69) is 5.32 Å². The molecular weight excluding hydrogens is 126 g/mol. The van der Waals surface area contributed by atoms with E-state index in [1.54, 1.807) is 0 Å². The first-order valence-corrected chi connectivity index (χ1v) is 4.06. The number of carbonyl (C=O) groups is 1. The lowest BCUT2D eigenvalue weighted by atomic mass is 9.93. The third-order valence-corrected chi connectivity index (χ3v) is 2.83. The molecule has 2 aliphatic rings. The van der Waals surface area contributed by atoms with Crippen LogP contribution < -0.4 is 5.32 Å². The van der Waals surface area contributed by atoms with Gasteiger partial charge in [-0.25, -0.2) is 0 Å². The van der Waals surface area contributed by atoms with Crippen molar-refractivity contribution in [3.63, 3.8) is 0 Å². The number of ketones is 1. The van der Waals surface area contributed by atoms with Crippen LogP contribution in [0.3, 0.4) is 0 Å². The van der Waals surface area contributed by atoms with Gasteiger partial charge in [0, 0.05) is 24.4 Å². The van der Waals surface area contributed by atoms with Crippen LogP contribution in [0, 0.1) is 5.92 Å². The average molecular weight is 139 g/mol. The summed E-state index contributed by atoms with van der Waals surface area (Å²) < 4.78 is 0. The van der Waals surface area contributed by atoms with Gasteiger partial charge in [-0.05, 0) is 12.8 Å². The number of piperidine rings is 1. The fraction of sp³-hybridized carbons (Fsp3) is 0.875. The smallest absolute Gasteiger partial charge is 0.138 e. The number of Topliss-reactive ketones (excluding diaryl/α,β-unsaturated/α-hetero) is 1. The van der Waals surface area contributed by atoms with Crippen molar-refractivity contribution in [3.05, 3.63) is 0 Å². The minimum absolute atomic E-state index is 0.277. The van der Waals surface area contributed by atoms with Crippen LogP contribution in [0.25, 0.3) is 0 Å². The molecule has 2 aliphatic heterocycles. The van der Waals surface area contributed by atoms with Gasteiger partial charge in [-0.1, -0.05) is 6.92 Å². The first-order chi connectivity index (χ1) is 4.77. The second-order valence-corrected chi connectivity index (χ2v) is 3.51. The van der Waals surface area contributed by atoms with Crippen molar-refractivity contribution < 1.29 is 4.79 Å². The van der Waals surface area contributed by atoms with Gasteiger partial charge in [-0.15, -0.1) is 0 Å². The van der Waals surface area contributed by atoms with E-state index < -0.39 is 0 Å². The van der Waals surface area contributed by atoms with Gasteiger partial charge in [0.1, 0.15) is 5.78 Å². The first kappa shape index (κ1) is 6.35. The van der Waals surface area contributed by atoms with Gasteiger partial charge < -0.3 is 5.32 Å². The van der Waals surface area contributed by atoms with E-state index in [1.807, 2.05) is 6.92 Å². The lowest BCUT2D eigenvalue weighted by molar-refractivity contribution is -0.124. The molecule has 56 valence electrons. The molecule has 2 bridgehead atoms. The number of hydrogen-bond donors (Lipinski definition) is 1. The molecule has 1 N–H and O–H groups in total. The summed E-state index contributed by atoms with van der Waals surface area (Å²) >= 11 is 0. The van der Waals surface area contributed by atoms with E-state index >= 15 is 0 Å². The summed E-state index contributed by atoms with van der Waals surface area (Å²) in [4.78, 5) is 11.2. The quantitative estimate of drug-likeness (QED) is 0.535. The molecule has 0 amide bonds. The van der Waals surface area contributed by atoms with Gasteiger partial charge in [0.15, 0.2) is 0 Å². The zero-order valence-electron chi connectivity index (χ0n) is 6.26. The molecule has 2 nitrogen and oxygen atoms in total. The highest BCUT2D eigenvalue weighted by atomic mass is 16.1. The van der Waals surface area contributed by atoms with Crippen LogP contribution in [0.2, 0.25) is 0 Å². The molecule has 0 spiro atoms. The summed E-state index contributed by atoms with van der Waals surface area (Å²) in [5.41, 5.74) is 0. The maximum atomic E-state index is 11.2. The van der Waals surface area contributed by atoms with Gasteiger partial charge in [0.2, 0.25) is 0 Å². The van der Waals surface area contributed by atoms with Crippen molar-refractivity contribution in [3.8, 4) is 0 Å². The van der Waals surface area contributed by atoms with Crippen molar-refractivity contribution in [2.24, 2.45) is 5.92 Å². The maximum absolute atomic E-state index is 11.2. The molecule has 2 fully saturated rings. The van der Waals surface area contributed by atoms with E-state index in [0.717, 1.165) is 6.42 Å². The lowest BCUT2D eigenvalue weighted by Crippen LogP contribution is -2.44. The molecule has 2 saturated heterocycles. The van der Waals surface area contributed by atoms with Crippen LogP contribution in [0.5, 0.6) is 0 Å². The summed E-state index contributed by atoms with van der Waals surface area (Å²) in [6, 6.07) is 1.03. The second-order valence-electron chi connectivity index (χ2n) is 3.51. The number of rotatable bonds is 0. The van der Waals surface area contributed by atoms with Crippen molar-refractivity contribution in [2.45, 2.75) is 38.3 Å². The Labute approximate surface area is 61.0 Å². The Balaban J connectivity index is 2.17. The summed E-state index contributed by atoms with van der Waals surface area (Å²) in [6.07, 6.45) is 3.19. The Morgan fingerprint density at radius 3 is 3.10 bits per heavy atom. The normalized spacial score (nSPS) is 46.1. The molecule has 0 aromatic rings. The van der Waals surface area contributed by atoms with E-state index in [-0.39, 0.29) is 5.92 Å². The highest BCUT2D eigenvalue weighted by Crippen LogP contribution is 2.28. The maximum Gasteiger partial charge on any atom is 0.138 e. The van der Waals surface area contributed by atoms with E-state index in [4.69, 9.17) is 0 Å². The van der Waals surface area contributed by atoms with Crippen LogP contribution in [0.15, 0.2) is 0 Å². The van der Waals surface area contributed by atoms with Crippen LogP contribution in [-0.2, 0) is 4.79 Å². The predicted molar refractivity (Wildman–Crippen MR) is 38.7 cm³/mol. The fourth-order valence-electron chi connectivity index (χ4n) is 2.06. The molecule has 0 aromatic heterocycles. The highest BCUT2D eigenvalue weighted by molar-refractivity contribution is 5.83. The fourth-order valence-corrected chi connectivity index (χ4v) is 2.06. The molecular formula is C8H13NO. The molecule has 0 aromatic carbocycles. The van der Waals surface area contributed by atoms with Crippen molar-refractivity contribution in [2.75, 3.05) is 0 Å². The summed E-state index contributed by atoms with van der Waals surface area (Å²) in [5, 5.41) is 3.45. The number of carbonyl (C=O) groups excluding carboxylic acids is 1. The first-order valence-electron chi connectivity index (χ1n) is 4.06. The van der Waals surface area contributed by atoms with Gasteiger partial charge in [0.25, 0.3) is 0 Å². The molecule has 2 rings (SSSR count). The standard InChI is InChI=1S/C8H13NO/c1-5-7-3-2-6(9-7)4-8(5)10/h5-7,9H,2-4H2,1H3/t5-,6+,7+/m0/s1. The monoisotopic (exact) mass is 139 g/mol. The SMILES string of the molecule is C[C@@H]1C(=O)C[C@H]2CC[C@H]1N2. The zero-order valence-corrected chi connectivity index (χ0v) is 6.26.